The molecule has 0 saturated heterocycles. The zero-order valence-electron chi connectivity index (χ0n) is 12.1. The lowest BCUT2D eigenvalue weighted by Gasteiger charge is -2.59. The van der Waals surface area contributed by atoms with Gasteiger partial charge < -0.3 is 15.3 Å². The molecule has 1 fully saturated rings. The van der Waals surface area contributed by atoms with Gasteiger partial charge in [-0.15, -0.1) is 0 Å². The van der Waals surface area contributed by atoms with Crippen molar-refractivity contribution in [2.24, 2.45) is 16.7 Å². The minimum atomic E-state index is -1.39. The van der Waals surface area contributed by atoms with E-state index < -0.39 is 35.1 Å². The van der Waals surface area contributed by atoms with Crippen LogP contribution in [0.1, 0.15) is 40.5 Å². The van der Waals surface area contributed by atoms with Crippen molar-refractivity contribution in [2.45, 2.75) is 52.2 Å². The monoisotopic (exact) mass is 268 g/mol. The fourth-order valence-electron chi connectivity index (χ4n) is 4.26. The van der Waals surface area contributed by atoms with Gasteiger partial charge in [0, 0.05) is 16.7 Å². The average molecular weight is 268 g/mol. The molecule has 4 heteroatoms. The van der Waals surface area contributed by atoms with Crippen molar-refractivity contribution in [1.82, 2.24) is 0 Å². The third-order valence-corrected chi connectivity index (χ3v) is 5.65. The largest absolute Gasteiger partial charge is 0.393 e. The van der Waals surface area contributed by atoms with Gasteiger partial charge >= 0.3 is 0 Å². The predicted octanol–water partition coefficient (Wildman–Crippen LogP) is 1.04. The molecule has 0 aromatic rings. The molecule has 1 saturated carbocycles. The molecular weight excluding hydrogens is 244 g/mol. The van der Waals surface area contributed by atoms with Crippen molar-refractivity contribution in [2.75, 3.05) is 6.61 Å². The van der Waals surface area contributed by atoms with E-state index in [1.54, 1.807) is 6.92 Å². The SMILES string of the molecule is CC1=CC(=O)[C@@H]2C(C)(C)[C@H](O)CC[C@@]2(C)[C@@]1(O)CO. The summed E-state index contributed by atoms with van der Waals surface area (Å²) in [5.74, 6) is -0.536. The van der Waals surface area contributed by atoms with Crippen LogP contribution in [-0.2, 0) is 4.79 Å². The molecule has 108 valence electrons. The van der Waals surface area contributed by atoms with E-state index in [4.69, 9.17) is 0 Å². The number of rotatable bonds is 1. The molecule has 0 heterocycles. The lowest BCUT2D eigenvalue weighted by molar-refractivity contribution is -0.191. The molecule has 2 rings (SSSR count). The quantitative estimate of drug-likeness (QED) is 0.664. The smallest absolute Gasteiger partial charge is 0.160 e. The lowest BCUT2D eigenvalue weighted by atomic mass is 9.46. The van der Waals surface area contributed by atoms with E-state index in [0.29, 0.717) is 18.4 Å². The second kappa shape index (κ2) is 4.14. The van der Waals surface area contributed by atoms with E-state index in [2.05, 4.69) is 0 Å². The Balaban J connectivity index is 2.63. The second-order valence-corrected chi connectivity index (χ2v) is 6.97. The third-order valence-electron chi connectivity index (χ3n) is 5.65. The number of aliphatic hydroxyl groups excluding tert-OH is 2. The Labute approximate surface area is 114 Å². The Hall–Kier alpha value is -0.710. The minimum absolute atomic E-state index is 0.0538. The molecule has 3 N–H and O–H groups in total. The molecule has 0 aromatic carbocycles. The molecule has 0 aromatic heterocycles. The molecule has 0 unspecified atom stereocenters. The minimum Gasteiger partial charge on any atom is -0.393 e. The Morgan fingerprint density at radius 3 is 2.47 bits per heavy atom. The molecule has 0 aliphatic heterocycles. The normalized spacial score (nSPS) is 45.6. The van der Waals surface area contributed by atoms with Gasteiger partial charge in [0.1, 0.15) is 5.60 Å². The Morgan fingerprint density at radius 1 is 1.37 bits per heavy atom. The van der Waals surface area contributed by atoms with E-state index in [-0.39, 0.29) is 5.78 Å². The number of aliphatic hydroxyl groups is 3. The first-order chi connectivity index (χ1) is 8.61. The van der Waals surface area contributed by atoms with Crippen molar-refractivity contribution >= 4 is 5.78 Å². The van der Waals surface area contributed by atoms with Crippen molar-refractivity contribution in [3.05, 3.63) is 11.6 Å². The van der Waals surface area contributed by atoms with Gasteiger partial charge in [-0.05, 0) is 31.4 Å². The number of hydrogen-bond donors (Lipinski definition) is 3. The van der Waals surface area contributed by atoms with Crippen LogP contribution in [0.4, 0.5) is 0 Å². The van der Waals surface area contributed by atoms with Gasteiger partial charge in [0.15, 0.2) is 5.78 Å². The van der Waals surface area contributed by atoms with Gasteiger partial charge in [-0.2, -0.15) is 0 Å². The number of ketones is 1. The van der Waals surface area contributed by atoms with Crippen LogP contribution >= 0.6 is 0 Å². The second-order valence-electron chi connectivity index (χ2n) is 6.97. The van der Waals surface area contributed by atoms with Crippen LogP contribution in [0.2, 0.25) is 0 Å². The first-order valence-corrected chi connectivity index (χ1v) is 6.85. The highest BCUT2D eigenvalue weighted by Crippen LogP contribution is 2.59. The topological polar surface area (TPSA) is 77.8 Å². The van der Waals surface area contributed by atoms with Crippen molar-refractivity contribution in [1.29, 1.82) is 0 Å². The van der Waals surface area contributed by atoms with E-state index in [0.717, 1.165) is 0 Å². The highest BCUT2D eigenvalue weighted by atomic mass is 16.3. The van der Waals surface area contributed by atoms with Crippen LogP contribution < -0.4 is 0 Å². The summed E-state index contributed by atoms with van der Waals surface area (Å²) in [5.41, 5.74) is -2.21. The molecule has 2 aliphatic rings. The van der Waals surface area contributed by atoms with Crippen molar-refractivity contribution < 1.29 is 20.1 Å². The summed E-state index contributed by atoms with van der Waals surface area (Å²) >= 11 is 0. The zero-order chi connectivity index (χ0) is 14.6. The summed E-state index contributed by atoms with van der Waals surface area (Å²) in [6, 6.07) is 0. The molecule has 0 radical (unpaired) electrons. The highest BCUT2D eigenvalue weighted by Gasteiger charge is 2.64. The number of carbonyl (C=O) groups excluding carboxylic acids is 1. The lowest BCUT2D eigenvalue weighted by Crippen LogP contribution is -2.65. The summed E-state index contributed by atoms with van der Waals surface area (Å²) in [4.78, 5) is 12.4. The number of carbonyl (C=O) groups is 1. The van der Waals surface area contributed by atoms with Gasteiger partial charge in [-0.3, -0.25) is 4.79 Å². The fourth-order valence-corrected chi connectivity index (χ4v) is 4.26. The molecule has 19 heavy (non-hydrogen) atoms. The standard InChI is InChI=1S/C15H24O4/c1-9-7-10(17)12-13(2,3)11(18)5-6-14(12,4)15(9,19)8-16/h7,11-12,16,18-19H,5-6,8H2,1-4H3/t11-,12-,14-,15-/m1/s1. The fraction of sp³-hybridized carbons (Fsp3) is 0.800. The van der Waals surface area contributed by atoms with Crippen LogP contribution in [0.15, 0.2) is 11.6 Å². The van der Waals surface area contributed by atoms with Crippen molar-refractivity contribution in [3.63, 3.8) is 0 Å². The maximum Gasteiger partial charge on any atom is 0.160 e. The van der Waals surface area contributed by atoms with Crippen LogP contribution in [0.3, 0.4) is 0 Å². The molecular formula is C15H24O4. The molecule has 0 spiro atoms. The van der Waals surface area contributed by atoms with Crippen LogP contribution in [-0.4, -0.2) is 39.4 Å². The summed E-state index contributed by atoms with van der Waals surface area (Å²) in [7, 11) is 0. The van der Waals surface area contributed by atoms with E-state index in [1.807, 2.05) is 20.8 Å². The first kappa shape index (κ1) is 14.7. The zero-order valence-corrected chi connectivity index (χ0v) is 12.1. The van der Waals surface area contributed by atoms with Gasteiger partial charge in [0.25, 0.3) is 0 Å². The first-order valence-electron chi connectivity index (χ1n) is 6.85. The molecule has 4 atom stereocenters. The van der Waals surface area contributed by atoms with Crippen LogP contribution in [0.5, 0.6) is 0 Å². The van der Waals surface area contributed by atoms with Crippen LogP contribution in [0, 0.1) is 16.7 Å². The Bertz CT molecular complexity index is 439. The molecule has 4 nitrogen and oxygen atoms in total. The molecule has 0 bridgehead atoms. The maximum atomic E-state index is 12.4. The number of fused-ring (bicyclic) bond motifs is 1. The predicted molar refractivity (Wildman–Crippen MR) is 71.4 cm³/mol. The Kier molecular flexibility index (Phi) is 3.20. The van der Waals surface area contributed by atoms with Gasteiger partial charge in [-0.25, -0.2) is 0 Å². The van der Waals surface area contributed by atoms with E-state index in [9.17, 15) is 20.1 Å². The van der Waals surface area contributed by atoms with E-state index in [1.165, 1.54) is 6.08 Å². The van der Waals surface area contributed by atoms with Crippen molar-refractivity contribution in [3.8, 4) is 0 Å². The summed E-state index contributed by atoms with van der Waals surface area (Å²) in [6.07, 6.45) is 1.92. The number of hydrogen-bond acceptors (Lipinski definition) is 4. The molecule has 2 aliphatic carbocycles. The summed E-state index contributed by atoms with van der Waals surface area (Å²) in [5, 5.41) is 30.8. The third kappa shape index (κ3) is 1.66. The van der Waals surface area contributed by atoms with Gasteiger partial charge in [0.2, 0.25) is 0 Å². The van der Waals surface area contributed by atoms with Crippen LogP contribution in [0.25, 0.3) is 0 Å². The Morgan fingerprint density at radius 2 is 1.95 bits per heavy atom. The summed E-state index contributed by atoms with van der Waals surface area (Å²) < 4.78 is 0. The van der Waals surface area contributed by atoms with E-state index >= 15 is 0 Å². The van der Waals surface area contributed by atoms with Gasteiger partial charge in [-0.1, -0.05) is 20.8 Å². The molecule has 0 amide bonds. The van der Waals surface area contributed by atoms with Gasteiger partial charge in [0.05, 0.1) is 12.7 Å². The highest BCUT2D eigenvalue weighted by molar-refractivity contribution is 5.95. The average Bonchev–Trinajstić information content (AvgIpc) is 2.31. The number of allylic oxidation sites excluding steroid dienone is 1. The summed E-state index contributed by atoms with van der Waals surface area (Å²) in [6.45, 7) is 6.87. The maximum absolute atomic E-state index is 12.4.